The van der Waals surface area contributed by atoms with Crippen molar-refractivity contribution in [2.24, 2.45) is 0 Å². The number of benzene rings is 2. The Morgan fingerprint density at radius 2 is 1.74 bits per heavy atom. The molecule has 0 bridgehead atoms. The van der Waals surface area contributed by atoms with E-state index in [4.69, 9.17) is 4.74 Å². The van der Waals surface area contributed by atoms with Crippen molar-refractivity contribution in [3.05, 3.63) is 65.2 Å². The van der Waals surface area contributed by atoms with Gasteiger partial charge in [-0.25, -0.2) is 8.42 Å². The van der Waals surface area contributed by atoms with Gasteiger partial charge in [0, 0.05) is 44.4 Å². The van der Waals surface area contributed by atoms with Gasteiger partial charge in [-0.2, -0.15) is 4.31 Å². The molecular weight excluding hydrogens is 522 g/mol. The van der Waals surface area contributed by atoms with Crippen LogP contribution in [-0.4, -0.2) is 80.2 Å². The molecule has 5 rings (SSSR count). The second kappa shape index (κ2) is 10.2. The van der Waals surface area contributed by atoms with Gasteiger partial charge in [-0.1, -0.05) is 36.8 Å². The highest BCUT2D eigenvalue weighted by molar-refractivity contribution is 7.89. The molecule has 0 radical (unpaired) electrons. The topological polar surface area (TPSA) is 125 Å². The lowest BCUT2D eigenvalue weighted by molar-refractivity contribution is -0.144. The Hall–Kier alpha value is -3.54. The number of para-hydroxylation sites is 1. The summed E-state index contributed by atoms with van der Waals surface area (Å²) in [7, 11) is -2.40. The first kappa shape index (κ1) is 27.0. The van der Waals surface area contributed by atoms with E-state index in [0.29, 0.717) is 24.3 Å². The number of carbonyl (C=O) groups excluding carboxylic acids is 3. The predicted molar refractivity (Wildman–Crippen MR) is 143 cm³/mol. The summed E-state index contributed by atoms with van der Waals surface area (Å²) < 4.78 is 33.3. The molecule has 2 aromatic carbocycles. The fraction of sp³-hybridized carbons (Fsp3) is 0.393. The molecule has 11 heteroatoms. The van der Waals surface area contributed by atoms with Gasteiger partial charge in [0.2, 0.25) is 10.0 Å². The highest BCUT2D eigenvalue weighted by Crippen LogP contribution is 2.53. The molecule has 2 amide bonds. The number of hydrogen-bond donors (Lipinski definition) is 1. The van der Waals surface area contributed by atoms with Crippen LogP contribution in [0.2, 0.25) is 0 Å². The largest absolute Gasteiger partial charge is 0.507 e. The molecule has 2 aromatic rings. The average molecular weight is 554 g/mol. The van der Waals surface area contributed by atoms with Crippen LogP contribution in [0.25, 0.3) is 5.76 Å². The lowest BCUT2D eigenvalue weighted by Crippen LogP contribution is -2.52. The van der Waals surface area contributed by atoms with Crippen molar-refractivity contribution >= 4 is 39.1 Å². The zero-order chi connectivity index (χ0) is 27.9. The molecule has 10 nitrogen and oxygen atoms in total. The molecule has 2 saturated heterocycles. The number of anilines is 1. The summed E-state index contributed by atoms with van der Waals surface area (Å²) in [4.78, 5) is 43.7. The number of ether oxygens (including phenoxy) is 1. The Labute approximate surface area is 227 Å². The number of Topliss-reactive ketones (excluding diaryl/α,β-unsaturated/α-hetero) is 1. The van der Waals surface area contributed by atoms with Crippen molar-refractivity contribution in [2.45, 2.75) is 36.6 Å². The van der Waals surface area contributed by atoms with Gasteiger partial charge in [-0.05, 0) is 38.0 Å². The first-order valence-corrected chi connectivity index (χ1v) is 14.5. The molecule has 3 aliphatic heterocycles. The monoisotopic (exact) mass is 553 g/mol. The van der Waals surface area contributed by atoms with Crippen LogP contribution in [-0.2, 0) is 34.7 Å². The average Bonchev–Trinajstić information content (AvgIpc) is 3.34. The van der Waals surface area contributed by atoms with Gasteiger partial charge in [-0.15, -0.1) is 0 Å². The van der Waals surface area contributed by atoms with Crippen molar-refractivity contribution in [1.29, 1.82) is 0 Å². The highest BCUT2D eigenvalue weighted by Gasteiger charge is 2.66. The van der Waals surface area contributed by atoms with E-state index >= 15 is 0 Å². The highest BCUT2D eigenvalue weighted by atomic mass is 32.2. The Morgan fingerprint density at radius 1 is 1.03 bits per heavy atom. The minimum atomic E-state index is -3.84. The van der Waals surface area contributed by atoms with Crippen molar-refractivity contribution in [3.8, 4) is 0 Å². The summed E-state index contributed by atoms with van der Waals surface area (Å²) in [5, 5.41) is 11.6. The SMILES string of the molecule is CCN1C(=O)C2(/C(=C(/O)c3cccc(S(=O)(=O)N4CCCCC4)c3)C(=O)C(=O)N2CCOC)c2ccccc21. The zero-order valence-corrected chi connectivity index (χ0v) is 22.7. The molecule has 3 aliphatic rings. The number of nitrogens with zero attached hydrogens (tertiary/aromatic N) is 3. The van der Waals surface area contributed by atoms with Crippen LogP contribution in [0.1, 0.15) is 37.3 Å². The first-order valence-electron chi connectivity index (χ1n) is 13.0. The predicted octanol–water partition coefficient (Wildman–Crippen LogP) is 2.45. The molecular formula is C28H31N3O7S. The van der Waals surface area contributed by atoms with Crippen molar-refractivity contribution in [3.63, 3.8) is 0 Å². The summed E-state index contributed by atoms with van der Waals surface area (Å²) in [5.74, 6) is -3.11. The fourth-order valence-corrected chi connectivity index (χ4v) is 7.43. The number of fused-ring (bicyclic) bond motifs is 2. The Balaban J connectivity index is 1.73. The molecule has 206 valence electrons. The Morgan fingerprint density at radius 3 is 2.44 bits per heavy atom. The number of aliphatic hydroxyl groups is 1. The van der Waals surface area contributed by atoms with Gasteiger partial charge in [0.1, 0.15) is 5.76 Å². The van der Waals surface area contributed by atoms with Crippen LogP contribution in [0.15, 0.2) is 59.0 Å². The molecule has 0 aliphatic carbocycles. The smallest absolute Gasteiger partial charge is 0.296 e. The number of piperidine rings is 1. The van der Waals surface area contributed by atoms with Gasteiger partial charge in [0.15, 0.2) is 5.54 Å². The minimum Gasteiger partial charge on any atom is -0.507 e. The van der Waals surface area contributed by atoms with Gasteiger partial charge in [0.05, 0.1) is 22.8 Å². The molecule has 1 atom stereocenters. The maximum absolute atomic E-state index is 14.2. The van der Waals surface area contributed by atoms with Crippen molar-refractivity contribution in [1.82, 2.24) is 9.21 Å². The summed E-state index contributed by atoms with van der Waals surface area (Å²) >= 11 is 0. The Bertz CT molecular complexity index is 1480. The number of methoxy groups -OCH3 is 1. The second-order valence-electron chi connectivity index (χ2n) is 9.77. The molecule has 1 unspecified atom stereocenters. The van der Waals surface area contributed by atoms with E-state index in [0.717, 1.165) is 24.2 Å². The first-order chi connectivity index (χ1) is 18.7. The molecule has 1 N–H and O–H groups in total. The number of carbonyl (C=O) groups is 3. The maximum Gasteiger partial charge on any atom is 0.296 e. The number of rotatable bonds is 7. The molecule has 39 heavy (non-hydrogen) atoms. The quantitative estimate of drug-likeness (QED) is 0.317. The molecule has 2 fully saturated rings. The number of sulfonamides is 1. The lowest BCUT2D eigenvalue weighted by Gasteiger charge is -2.34. The van der Waals surface area contributed by atoms with Crippen LogP contribution in [0.4, 0.5) is 5.69 Å². The zero-order valence-electron chi connectivity index (χ0n) is 21.9. The third kappa shape index (κ3) is 3.98. The van der Waals surface area contributed by atoms with E-state index in [9.17, 15) is 27.9 Å². The van der Waals surface area contributed by atoms with Crippen LogP contribution in [0.3, 0.4) is 0 Å². The third-order valence-electron chi connectivity index (χ3n) is 7.70. The van der Waals surface area contributed by atoms with Crippen LogP contribution in [0.5, 0.6) is 0 Å². The van der Waals surface area contributed by atoms with E-state index in [1.165, 1.54) is 40.6 Å². The van der Waals surface area contributed by atoms with Crippen LogP contribution in [0, 0.1) is 0 Å². The van der Waals surface area contributed by atoms with Gasteiger partial charge < -0.3 is 19.6 Å². The van der Waals surface area contributed by atoms with E-state index < -0.39 is 38.9 Å². The number of amides is 2. The summed E-state index contributed by atoms with van der Waals surface area (Å²) in [6, 6.07) is 12.5. The Kier molecular flexibility index (Phi) is 7.08. The molecule has 0 aromatic heterocycles. The molecule has 1 spiro atoms. The second-order valence-corrected chi connectivity index (χ2v) is 11.7. The summed E-state index contributed by atoms with van der Waals surface area (Å²) in [6.07, 6.45) is 2.49. The van der Waals surface area contributed by atoms with Gasteiger partial charge in [-0.3, -0.25) is 14.4 Å². The summed E-state index contributed by atoms with van der Waals surface area (Å²) in [6.45, 7) is 2.85. The standard InChI is InChI=1S/C28H31N3O7S/c1-3-30-22-13-6-5-12-21(22)28(27(30)35)23(25(33)26(34)31(28)16-17-38-2)24(32)19-10-9-11-20(18-19)39(36,37)29-14-7-4-8-15-29/h5-6,9-13,18,32H,3-4,7-8,14-17H2,1-2H3/b24-23+. The van der Waals surface area contributed by atoms with E-state index in [2.05, 4.69) is 0 Å². The van der Waals surface area contributed by atoms with E-state index in [1.807, 2.05) is 0 Å². The van der Waals surface area contributed by atoms with Crippen molar-refractivity contribution in [2.75, 3.05) is 44.8 Å². The van der Waals surface area contributed by atoms with Crippen molar-refractivity contribution < 1.29 is 32.6 Å². The number of likely N-dealkylation sites (N-methyl/N-ethyl adjacent to an activating group) is 1. The minimum absolute atomic E-state index is 0.0254. The van der Waals surface area contributed by atoms with Gasteiger partial charge >= 0.3 is 0 Å². The molecule has 0 saturated carbocycles. The third-order valence-corrected chi connectivity index (χ3v) is 9.60. The van der Waals surface area contributed by atoms with Gasteiger partial charge in [0.25, 0.3) is 17.6 Å². The van der Waals surface area contributed by atoms with E-state index in [1.54, 1.807) is 31.2 Å². The number of ketones is 1. The van der Waals surface area contributed by atoms with Crippen LogP contribution < -0.4 is 4.90 Å². The van der Waals surface area contributed by atoms with E-state index in [-0.39, 0.29) is 35.7 Å². The lowest BCUT2D eigenvalue weighted by atomic mass is 9.82. The summed E-state index contributed by atoms with van der Waals surface area (Å²) in [5.41, 5.74) is -1.35. The number of likely N-dealkylation sites (tertiary alicyclic amines) is 1. The normalized spacial score (nSPS) is 23.2. The number of hydrogen-bond acceptors (Lipinski definition) is 7. The maximum atomic E-state index is 14.2. The number of aliphatic hydroxyl groups excluding tert-OH is 1. The molecule has 3 heterocycles. The van der Waals surface area contributed by atoms with Crippen LogP contribution >= 0.6 is 0 Å². The fourth-order valence-electron chi connectivity index (χ4n) is 5.87.